The van der Waals surface area contributed by atoms with Gasteiger partial charge in [0.25, 0.3) is 5.91 Å². The van der Waals surface area contributed by atoms with Gasteiger partial charge in [0.1, 0.15) is 5.76 Å². The zero-order valence-electron chi connectivity index (χ0n) is 14.7. The van der Waals surface area contributed by atoms with E-state index in [2.05, 4.69) is 15.4 Å². The van der Waals surface area contributed by atoms with Gasteiger partial charge in [-0.2, -0.15) is 11.3 Å². The molecule has 0 aliphatic carbocycles. The molecule has 1 unspecified atom stereocenters. The minimum atomic E-state index is -0.108. The Labute approximate surface area is 155 Å². The third kappa shape index (κ3) is 3.29. The maximum Gasteiger partial charge on any atom is 0.276 e. The van der Waals surface area contributed by atoms with Gasteiger partial charge in [0.15, 0.2) is 5.69 Å². The summed E-state index contributed by atoms with van der Waals surface area (Å²) in [7, 11) is 0. The first kappa shape index (κ1) is 17.0. The lowest BCUT2D eigenvalue weighted by Gasteiger charge is -2.30. The molecule has 0 saturated carbocycles. The molecule has 0 spiro atoms. The maximum atomic E-state index is 12.7. The summed E-state index contributed by atoms with van der Waals surface area (Å²) in [5.41, 5.74) is 1.29. The monoisotopic (exact) mass is 372 g/mol. The van der Waals surface area contributed by atoms with Crippen molar-refractivity contribution in [2.75, 3.05) is 13.1 Å². The average molecular weight is 372 g/mol. The molecule has 7 nitrogen and oxygen atoms in total. The number of nitrogens with zero attached hydrogens (tertiary/aromatic N) is 4. The summed E-state index contributed by atoms with van der Waals surface area (Å²) in [5, 5.41) is 16.2. The van der Waals surface area contributed by atoms with Crippen molar-refractivity contribution >= 4 is 17.2 Å². The first-order valence-corrected chi connectivity index (χ1v) is 9.68. The summed E-state index contributed by atoms with van der Waals surface area (Å²) in [6.45, 7) is 5.26. The number of carbonyl (C=O) groups is 1. The van der Waals surface area contributed by atoms with E-state index in [1.165, 1.54) is 0 Å². The molecule has 4 heterocycles. The van der Waals surface area contributed by atoms with E-state index in [1.54, 1.807) is 22.3 Å². The predicted octanol–water partition coefficient (Wildman–Crippen LogP) is 3.93. The molecule has 1 aliphatic rings. The largest absolute Gasteiger partial charge is 0.420 e. The summed E-state index contributed by atoms with van der Waals surface area (Å²) in [4.78, 5) is 14.5. The van der Waals surface area contributed by atoms with Crippen molar-refractivity contribution in [2.45, 2.75) is 38.5 Å². The van der Waals surface area contributed by atoms with Gasteiger partial charge >= 0.3 is 0 Å². The number of amides is 1. The smallest absolute Gasteiger partial charge is 0.276 e. The van der Waals surface area contributed by atoms with Crippen LogP contribution >= 0.6 is 11.3 Å². The van der Waals surface area contributed by atoms with Crippen LogP contribution in [0, 0.1) is 0 Å². The van der Waals surface area contributed by atoms with E-state index in [9.17, 15) is 4.79 Å². The van der Waals surface area contributed by atoms with Crippen molar-refractivity contribution in [3.63, 3.8) is 0 Å². The highest BCUT2D eigenvalue weighted by Gasteiger charge is 2.30. The lowest BCUT2D eigenvalue weighted by Crippen LogP contribution is -2.39. The highest BCUT2D eigenvalue weighted by atomic mass is 32.1. The summed E-state index contributed by atoms with van der Waals surface area (Å²) >= 11 is 1.59. The van der Waals surface area contributed by atoms with Crippen LogP contribution in [0.5, 0.6) is 0 Å². The van der Waals surface area contributed by atoms with Crippen LogP contribution in [-0.4, -0.2) is 39.3 Å². The van der Waals surface area contributed by atoms with Crippen LogP contribution < -0.4 is 0 Å². The molecule has 8 heteroatoms. The molecule has 3 aromatic heterocycles. The standard InChI is InChI=1S/C18H20N4O3S/c1-11(2)15-8-14(21-25-15)18(23)22-6-3-4-12(9-22)16-19-20-17(24-16)13-5-7-26-10-13/h5,7-8,10-12H,3-4,6,9H2,1-2H3. The Morgan fingerprint density at radius 1 is 1.38 bits per heavy atom. The average Bonchev–Trinajstić information content (AvgIpc) is 3.42. The van der Waals surface area contributed by atoms with Gasteiger partial charge in [-0.1, -0.05) is 19.0 Å². The van der Waals surface area contributed by atoms with Crippen LogP contribution in [0.15, 0.2) is 31.8 Å². The molecular formula is C18H20N4O3S. The van der Waals surface area contributed by atoms with E-state index in [-0.39, 0.29) is 17.7 Å². The molecular weight excluding hydrogens is 352 g/mol. The summed E-state index contributed by atoms with van der Waals surface area (Å²) < 4.78 is 11.1. The molecule has 26 heavy (non-hydrogen) atoms. The molecule has 4 rings (SSSR count). The molecule has 0 N–H and O–H groups in total. The minimum Gasteiger partial charge on any atom is -0.420 e. The number of hydrogen-bond donors (Lipinski definition) is 0. The van der Waals surface area contributed by atoms with Gasteiger partial charge in [-0.25, -0.2) is 0 Å². The van der Waals surface area contributed by atoms with E-state index >= 15 is 0 Å². The second kappa shape index (κ2) is 7.03. The van der Waals surface area contributed by atoms with Gasteiger partial charge in [0.05, 0.1) is 5.92 Å². The molecule has 0 bridgehead atoms. The number of likely N-dealkylation sites (tertiary alicyclic amines) is 1. The van der Waals surface area contributed by atoms with Crippen molar-refractivity contribution in [3.05, 3.63) is 40.2 Å². The summed E-state index contributed by atoms with van der Waals surface area (Å²) in [6, 6.07) is 3.69. The summed E-state index contributed by atoms with van der Waals surface area (Å²) in [5.74, 6) is 1.98. The van der Waals surface area contributed by atoms with E-state index in [0.29, 0.717) is 30.6 Å². The van der Waals surface area contributed by atoms with Crippen molar-refractivity contribution in [1.82, 2.24) is 20.3 Å². The highest BCUT2D eigenvalue weighted by molar-refractivity contribution is 7.08. The minimum absolute atomic E-state index is 0.0454. The lowest BCUT2D eigenvalue weighted by atomic mass is 9.97. The van der Waals surface area contributed by atoms with Gasteiger partial charge in [0.2, 0.25) is 11.8 Å². The zero-order valence-corrected chi connectivity index (χ0v) is 15.5. The van der Waals surface area contributed by atoms with Crippen LogP contribution in [0.2, 0.25) is 0 Å². The number of carbonyl (C=O) groups excluding carboxylic acids is 1. The Morgan fingerprint density at radius 3 is 3.00 bits per heavy atom. The van der Waals surface area contributed by atoms with Crippen LogP contribution in [0.4, 0.5) is 0 Å². The van der Waals surface area contributed by atoms with E-state index in [1.807, 2.05) is 30.7 Å². The molecule has 1 amide bonds. The molecule has 1 saturated heterocycles. The van der Waals surface area contributed by atoms with E-state index in [0.717, 1.165) is 24.2 Å². The zero-order chi connectivity index (χ0) is 18.1. The lowest BCUT2D eigenvalue weighted by molar-refractivity contribution is 0.0688. The number of hydrogen-bond acceptors (Lipinski definition) is 7. The normalized spacial score (nSPS) is 17.8. The first-order chi connectivity index (χ1) is 12.6. The second-order valence-corrected chi connectivity index (χ2v) is 7.60. The Kier molecular flexibility index (Phi) is 4.58. The van der Waals surface area contributed by atoms with Crippen molar-refractivity contribution in [1.29, 1.82) is 0 Å². The molecule has 0 radical (unpaired) electrons. The quantitative estimate of drug-likeness (QED) is 0.690. The van der Waals surface area contributed by atoms with Crippen molar-refractivity contribution in [3.8, 4) is 11.5 Å². The maximum absolute atomic E-state index is 12.7. The molecule has 0 aromatic carbocycles. The molecule has 1 fully saturated rings. The third-order valence-electron chi connectivity index (χ3n) is 4.58. The van der Waals surface area contributed by atoms with E-state index in [4.69, 9.17) is 8.94 Å². The Bertz CT molecular complexity index is 884. The van der Waals surface area contributed by atoms with Gasteiger partial charge in [-0.3, -0.25) is 4.79 Å². The summed E-state index contributed by atoms with van der Waals surface area (Å²) in [6.07, 6.45) is 1.81. The van der Waals surface area contributed by atoms with Crippen molar-refractivity contribution < 1.29 is 13.7 Å². The predicted molar refractivity (Wildman–Crippen MR) is 96.1 cm³/mol. The highest BCUT2D eigenvalue weighted by Crippen LogP contribution is 2.30. The number of aromatic nitrogens is 3. The fraction of sp³-hybridized carbons (Fsp3) is 0.444. The Morgan fingerprint density at radius 2 is 2.27 bits per heavy atom. The van der Waals surface area contributed by atoms with Crippen LogP contribution in [-0.2, 0) is 0 Å². The molecule has 3 aromatic rings. The van der Waals surface area contributed by atoms with Gasteiger partial charge in [-0.15, -0.1) is 10.2 Å². The van der Waals surface area contributed by atoms with Crippen molar-refractivity contribution in [2.24, 2.45) is 0 Å². The van der Waals surface area contributed by atoms with Gasteiger partial charge < -0.3 is 13.8 Å². The fourth-order valence-corrected chi connectivity index (χ4v) is 3.72. The number of thiophene rings is 1. The molecule has 1 atom stereocenters. The second-order valence-electron chi connectivity index (χ2n) is 6.82. The number of rotatable bonds is 4. The van der Waals surface area contributed by atoms with Crippen LogP contribution in [0.1, 0.15) is 60.7 Å². The number of piperidine rings is 1. The van der Waals surface area contributed by atoms with E-state index < -0.39 is 0 Å². The Hall–Kier alpha value is -2.48. The first-order valence-electron chi connectivity index (χ1n) is 8.73. The van der Waals surface area contributed by atoms with Gasteiger partial charge in [-0.05, 0) is 24.3 Å². The van der Waals surface area contributed by atoms with Crippen LogP contribution in [0.25, 0.3) is 11.5 Å². The third-order valence-corrected chi connectivity index (χ3v) is 5.27. The molecule has 1 aliphatic heterocycles. The van der Waals surface area contributed by atoms with Gasteiger partial charge in [0, 0.05) is 36.0 Å². The Balaban J connectivity index is 1.48. The topological polar surface area (TPSA) is 85.3 Å². The fourth-order valence-electron chi connectivity index (χ4n) is 3.09. The van der Waals surface area contributed by atoms with Crippen LogP contribution in [0.3, 0.4) is 0 Å². The molecule has 136 valence electrons. The SMILES string of the molecule is CC(C)c1cc(C(=O)N2CCCC(c3nnc(-c4ccsc4)o3)C2)no1.